The van der Waals surface area contributed by atoms with Gasteiger partial charge in [0.15, 0.2) is 0 Å². The van der Waals surface area contributed by atoms with Crippen LogP contribution in [0.1, 0.15) is 23.6 Å². The number of carbonyl (C=O) groups is 1. The first kappa shape index (κ1) is 25.6. The first-order valence-electron chi connectivity index (χ1n) is 9.28. The van der Waals surface area contributed by atoms with Crippen LogP contribution in [0.5, 0.6) is 0 Å². The van der Waals surface area contributed by atoms with Gasteiger partial charge in [-0.2, -0.15) is 26.3 Å². The normalized spacial score (nSPS) is 13.9. The Morgan fingerprint density at radius 1 is 1.00 bits per heavy atom. The molecule has 2 aromatic carbocycles. The molecular weight excluding hydrogens is 464 g/mol. The number of benzene rings is 2. The maximum Gasteiger partial charge on any atom is 0.423 e. The highest BCUT2D eigenvalue weighted by molar-refractivity contribution is 6.31. The van der Waals surface area contributed by atoms with Gasteiger partial charge in [0.05, 0.1) is 12.1 Å². The number of anilines is 1. The van der Waals surface area contributed by atoms with Crippen molar-refractivity contribution in [1.29, 1.82) is 0 Å². The average molecular weight is 484 g/mol. The Balaban J connectivity index is 2.21. The van der Waals surface area contributed by atoms with E-state index in [1.165, 1.54) is 18.2 Å². The Kier molecular flexibility index (Phi) is 7.89. The number of halogens is 7. The first-order chi connectivity index (χ1) is 14.8. The topological polar surface area (TPSA) is 73.4 Å². The summed E-state index contributed by atoms with van der Waals surface area (Å²) in [7, 11) is 0. The number of aliphatic hydroxyl groups is 1. The summed E-state index contributed by atoms with van der Waals surface area (Å²) in [5, 5.41) is 17.9. The van der Waals surface area contributed by atoms with Gasteiger partial charge in [0.25, 0.3) is 0 Å². The van der Waals surface area contributed by atoms with Gasteiger partial charge in [-0.1, -0.05) is 29.8 Å². The summed E-state index contributed by atoms with van der Waals surface area (Å²) in [6, 6.07) is 6.10. The van der Waals surface area contributed by atoms with Crippen LogP contribution >= 0.6 is 11.6 Å². The SMILES string of the molecule is CCNC(=O)NCc1ccc(NC[C@](O)(c2cccc(C(F)(F)F)c2)C(F)(F)F)cc1Cl. The summed E-state index contributed by atoms with van der Waals surface area (Å²) in [5.41, 5.74) is -5.30. The van der Waals surface area contributed by atoms with E-state index >= 15 is 0 Å². The molecule has 0 saturated heterocycles. The van der Waals surface area contributed by atoms with Crippen LogP contribution in [-0.2, 0) is 18.3 Å². The van der Waals surface area contributed by atoms with Gasteiger partial charge in [-0.05, 0) is 42.3 Å². The molecule has 1 atom stereocenters. The number of hydrogen-bond donors (Lipinski definition) is 4. The minimum Gasteiger partial charge on any atom is -0.381 e. The number of alkyl halides is 6. The van der Waals surface area contributed by atoms with Gasteiger partial charge in [0.2, 0.25) is 5.60 Å². The second-order valence-corrected chi connectivity index (χ2v) is 7.22. The fourth-order valence-electron chi connectivity index (χ4n) is 2.75. The second-order valence-electron chi connectivity index (χ2n) is 6.81. The van der Waals surface area contributed by atoms with Crippen LogP contribution in [0.2, 0.25) is 5.02 Å². The Bertz CT molecular complexity index is 952. The van der Waals surface area contributed by atoms with Crippen molar-refractivity contribution in [2.45, 2.75) is 31.4 Å². The van der Waals surface area contributed by atoms with E-state index in [0.717, 1.165) is 12.1 Å². The fourth-order valence-corrected chi connectivity index (χ4v) is 3.00. The fraction of sp³-hybridized carbons (Fsp3) is 0.350. The molecule has 2 aromatic rings. The van der Waals surface area contributed by atoms with E-state index in [2.05, 4.69) is 16.0 Å². The van der Waals surface area contributed by atoms with Crippen molar-refractivity contribution in [2.75, 3.05) is 18.4 Å². The number of carbonyl (C=O) groups excluding carboxylic acids is 1. The number of hydrogen-bond acceptors (Lipinski definition) is 3. The third-order valence-corrected chi connectivity index (χ3v) is 4.87. The van der Waals surface area contributed by atoms with Crippen molar-refractivity contribution in [3.63, 3.8) is 0 Å². The minimum absolute atomic E-state index is 0.0572. The predicted molar refractivity (Wildman–Crippen MR) is 107 cm³/mol. The van der Waals surface area contributed by atoms with Crippen molar-refractivity contribution < 1.29 is 36.2 Å². The molecular formula is C20H20ClF6N3O2. The summed E-state index contributed by atoms with van der Waals surface area (Å²) < 4.78 is 79.7. The molecule has 0 radical (unpaired) electrons. The van der Waals surface area contributed by atoms with Gasteiger partial charge in [-0.25, -0.2) is 4.79 Å². The summed E-state index contributed by atoms with van der Waals surface area (Å²) in [6.07, 6.45) is -10.1. The summed E-state index contributed by atoms with van der Waals surface area (Å²) in [5.74, 6) is 0. The molecule has 0 heterocycles. The van der Waals surface area contributed by atoms with E-state index in [1.807, 2.05) is 0 Å². The van der Waals surface area contributed by atoms with E-state index in [-0.39, 0.29) is 23.3 Å². The number of rotatable bonds is 7. The Hall–Kier alpha value is -2.66. The van der Waals surface area contributed by atoms with Crippen molar-refractivity contribution in [1.82, 2.24) is 10.6 Å². The molecule has 0 bridgehead atoms. The number of urea groups is 1. The van der Waals surface area contributed by atoms with Gasteiger partial charge in [0.1, 0.15) is 0 Å². The lowest BCUT2D eigenvalue weighted by Crippen LogP contribution is -2.48. The van der Waals surface area contributed by atoms with Crippen molar-refractivity contribution >= 4 is 23.3 Å². The summed E-state index contributed by atoms with van der Waals surface area (Å²) in [4.78, 5) is 11.4. The van der Waals surface area contributed by atoms with Gasteiger partial charge in [-0.3, -0.25) is 0 Å². The van der Waals surface area contributed by atoms with Crippen LogP contribution in [0.4, 0.5) is 36.8 Å². The molecule has 2 amide bonds. The minimum atomic E-state index is -5.27. The molecule has 4 N–H and O–H groups in total. The zero-order valence-electron chi connectivity index (χ0n) is 16.7. The molecule has 0 aromatic heterocycles. The maximum atomic E-state index is 13.7. The van der Waals surface area contributed by atoms with Crippen LogP contribution in [0.3, 0.4) is 0 Å². The van der Waals surface area contributed by atoms with Crippen LogP contribution in [-0.4, -0.2) is 30.4 Å². The highest BCUT2D eigenvalue weighted by Crippen LogP contribution is 2.41. The smallest absolute Gasteiger partial charge is 0.381 e. The molecule has 0 aliphatic carbocycles. The van der Waals surface area contributed by atoms with E-state index < -0.39 is 41.7 Å². The molecule has 0 aliphatic rings. The standard InChI is InChI=1S/C20H20ClF6N3O2/c1-2-28-17(31)29-10-12-6-7-15(9-16(12)21)30-11-18(32,20(25,26)27)13-4-3-5-14(8-13)19(22,23)24/h3-9,30,32H,2,10-11H2,1H3,(H2,28,29,31)/t18-/m0/s1. The summed E-state index contributed by atoms with van der Waals surface area (Å²) >= 11 is 6.10. The van der Waals surface area contributed by atoms with Crippen molar-refractivity contribution in [2.24, 2.45) is 0 Å². The quantitative estimate of drug-likeness (QED) is 0.417. The Morgan fingerprint density at radius 2 is 1.66 bits per heavy atom. The van der Waals surface area contributed by atoms with Crippen LogP contribution < -0.4 is 16.0 Å². The van der Waals surface area contributed by atoms with Gasteiger partial charge in [0, 0.05) is 23.8 Å². The van der Waals surface area contributed by atoms with E-state index in [4.69, 9.17) is 11.6 Å². The van der Waals surface area contributed by atoms with E-state index in [9.17, 15) is 36.2 Å². The zero-order valence-corrected chi connectivity index (χ0v) is 17.4. The van der Waals surface area contributed by atoms with Gasteiger partial charge >= 0.3 is 18.4 Å². The lowest BCUT2D eigenvalue weighted by molar-refractivity contribution is -0.260. The molecule has 0 unspecified atom stereocenters. The summed E-state index contributed by atoms with van der Waals surface area (Å²) in [6.45, 7) is 1.04. The zero-order chi connectivity index (χ0) is 24.2. The number of nitrogens with one attached hydrogen (secondary N) is 3. The molecule has 0 saturated carbocycles. The number of amides is 2. The monoisotopic (exact) mass is 483 g/mol. The first-order valence-corrected chi connectivity index (χ1v) is 9.66. The lowest BCUT2D eigenvalue weighted by atomic mass is 9.91. The third-order valence-electron chi connectivity index (χ3n) is 4.51. The Morgan fingerprint density at radius 3 is 2.22 bits per heavy atom. The third kappa shape index (κ3) is 6.19. The molecule has 32 heavy (non-hydrogen) atoms. The molecule has 0 spiro atoms. The van der Waals surface area contributed by atoms with E-state index in [1.54, 1.807) is 6.92 Å². The van der Waals surface area contributed by atoms with Gasteiger partial charge < -0.3 is 21.1 Å². The van der Waals surface area contributed by atoms with Crippen molar-refractivity contribution in [3.8, 4) is 0 Å². The van der Waals surface area contributed by atoms with Crippen LogP contribution in [0.25, 0.3) is 0 Å². The maximum absolute atomic E-state index is 13.7. The molecule has 176 valence electrons. The molecule has 0 fully saturated rings. The van der Waals surface area contributed by atoms with Crippen LogP contribution in [0.15, 0.2) is 42.5 Å². The highest BCUT2D eigenvalue weighted by Gasteiger charge is 2.55. The lowest BCUT2D eigenvalue weighted by Gasteiger charge is -2.32. The molecule has 2 rings (SSSR count). The largest absolute Gasteiger partial charge is 0.423 e. The van der Waals surface area contributed by atoms with Gasteiger partial charge in [-0.15, -0.1) is 0 Å². The predicted octanol–water partition coefficient (Wildman–Crippen LogP) is 5.04. The van der Waals surface area contributed by atoms with E-state index in [0.29, 0.717) is 18.2 Å². The average Bonchev–Trinajstić information content (AvgIpc) is 2.70. The highest BCUT2D eigenvalue weighted by atomic mass is 35.5. The molecule has 5 nitrogen and oxygen atoms in total. The molecule has 12 heteroatoms. The second kappa shape index (κ2) is 9.86. The van der Waals surface area contributed by atoms with Crippen molar-refractivity contribution in [3.05, 3.63) is 64.2 Å². The van der Waals surface area contributed by atoms with Crippen LogP contribution in [0, 0.1) is 0 Å². The Labute approximate surface area is 184 Å². The molecule has 0 aliphatic heterocycles.